The van der Waals surface area contributed by atoms with Gasteiger partial charge in [-0.25, -0.2) is 0 Å². The van der Waals surface area contributed by atoms with Gasteiger partial charge < -0.3 is 0 Å². The van der Waals surface area contributed by atoms with E-state index in [1.807, 2.05) is 0 Å². The maximum atomic E-state index is 4.43. The highest BCUT2D eigenvalue weighted by Gasteiger charge is 2.33. The van der Waals surface area contributed by atoms with E-state index in [0.717, 1.165) is 24.6 Å². The summed E-state index contributed by atoms with van der Waals surface area (Å²) in [6.45, 7) is 0. The Labute approximate surface area is 320 Å². The predicted molar refractivity (Wildman–Crippen MR) is 235 cm³/mol. The average Bonchev–Trinajstić information content (AvgIpc) is 3.49. The third kappa shape index (κ3) is 5.70. The van der Waals surface area contributed by atoms with Crippen LogP contribution in [0.4, 0.5) is 0 Å². The topological polar surface area (TPSA) is 24.1 Å². The van der Waals surface area contributed by atoms with E-state index in [9.17, 15) is 0 Å². The molecular weight excluding hydrogens is 691 g/mol. The quantitative estimate of drug-likeness (QED) is 0.176. The van der Waals surface area contributed by atoms with Gasteiger partial charge in [-0.15, -0.1) is 0 Å². The van der Waals surface area contributed by atoms with Crippen molar-refractivity contribution < 1.29 is 0 Å². The smallest absolute Gasteiger partial charge is 0.0260 e. The number of hydrogen-bond acceptors (Lipinski definition) is 2. The van der Waals surface area contributed by atoms with Gasteiger partial charge in [0.1, 0.15) is 0 Å². The molecule has 0 radical (unpaired) electrons. The maximum absolute atomic E-state index is 4.43. The highest BCUT2D eigenvalue weighted by Crippen LogP contribution is 2.54. The van der Waals surface area contributed by atoms with Gasteiger partial charge >= 0.3 is 0 Å². The molecular formula is C50H44N2P2. The molecule has 2 heterocycles. The Bertz CT molecular complexity index is 2370. The zero-order valence-electron chi connectivity index (χ0n) is 30.6. The summed E-state index contributed by atoms with van der Waals surface area (Å²) < 4.78 is 0. The molecule has 54 heavy (non-hydrogen) atoms. The summed E-state index contributed by atoms with van der Waals surface area (Å²) in [7, 11) is -0.935. The van der Waals surface area contributed by atoms with Crippen molar-refractivity contribution >= 4 is 59.2 Å². The van der Waals surface area contributed by atoms with Crippen molar-refractivity contribution in [1.29, 1.82) is 0 Å². The van der Waals surface area contributed by atoms with Crippen molar-refractivity contribution in [3.05, 3.63) is 168 Å². The average molecular weight is 735 g/mol. The number of hydrogen-bond donors (Lipinski definition) is 2. The fourth-order valence-corrected chi connectivity index (χ4v) is 14.8. The molecule has 2 N–H and O–H groups in total. The zero-order valence-corrected chi connectivity index (χ0v) is 32.4. The predicted octanol–water partition coefficient (Wildman–Crippen LogP) is 13.6. The number of benzene rings is 8. The normalized spacial score (nSPS) is 18.9. The van der Waals surface area contributed by atoms with Crippen LogP contribution in [0.25, 0.3) is 65.3 Å². The van der Waals surface area contributed by atoms with Crippen LogP contribution in [0, 0.1) is 0 Å². The molecule has 0 saturated heterocycles. The summed E-state index contributed by atoms with van der Waals surface area (Å²) >= 11 is 0. The van der Waals surface area contributed by atoms with Crippen LogP contribution >= 0.6 is 16.1 Å². The molecule has 8 aromatic carbocycles. The molecule has 264 valence electrons. The highest BCUT2D eigenvalue weighted by molar-refractivity contribution is 7.54. The summed E-state index contributed by atoms with van der Waals surface area (Å²) in [6, 6.07) is 56.3. The van der Waals surface area contributed by atoms with Gasteiger partial charge in [-0.05, 0) is 117 Å². The van der Waals surface area contributed by atoms with E-state index >= 15 is 0 Å². The van der Waals surface area contributed by atoms with Gasteiger partial charge in [0.05, 0.1) is 0 Å². The Balaban J connectivity index is 0.945. The van der Waals surface area contributed by atoms with Gasteiger partial charge in [0.25, 0.3) is 0 Å². The Kier molecular flexibility index (Phi) is 8.37. The SMILES string of the molecule is c1ccc2c3c(ccc2c1)CP(N[C@H]1CCCC[C@H]1NP1Cc2ccc4ccccc4c2-c2c(ccc4ccccc24)C1)Cc1ccc2ccccc2c1-3. The van der Waals surface area contributed by atoms with Crippen LogP contribution in [0.15, 0.2) is 146 Å². The molecule has 3 aliphatic rings. The lowest BCUT2D eigenvalue weighted by molar-refractivity contribution is 0.348. The molecule has 8 aromatic rings. The Morgan fingerprint density at radius 2 is 0.611 bits per heavy atom. The van der Waals surface area contributed by atoms with E-state index in [0.29, 0.717) is 12.1 Å². The second-order valence-corrected chi connectivity index (χ2v) is 19.7. The summed E-state index contributed by atoms with van der Waals surface area (Å²) in [5, 5.41) is 19.7. The summed E-state index contributed by atoms with van der Waals surface area (Å²) in [5.74, 6) is 0. The molecule has 0 spiro atoms. The lowest BCUT2D eigenvalue weighted by atomic mass is 9.88. The molecule has 11 rings (SSSR count). The number of rotatable bonds is 4. The first-order valence-corrected chi connectivity index (χ1v) is 23.2. The van der Waals surface area contributed by atoms with Gasteiger partial charge in [-0.1, -0.05) is 158 Å². The van der Waals surface area contributed by atoms with Gasteiger partial charge in [0.15, 0.2) is 0 Å². The van der Waals surface area contributed by atoms with Crippen LogP contribution < -0.4 is 10.2 Å². The van der Waals surface area contributed by atoms with Crippen LogP contribution in [-0.2, 0) is 24.6 Å². The van der Waals surface area contributed by atoms with Crippen LogP contribution in [0.3, 0.4) is 0 Å². The molecule has 0 aromatic heterocycles. The van der Waals surface area contributed by atoms with Crippen molar-refractivity contribution in [1.82, 2.24) is 10.2 Å². The van der Waals surface area contributed by atoms with Crippen molar-refractivity contribution in [2.45, 2.75) is 62.4 Å². The second-order valence-electron chi connectivity index (χ2n) is 15.8. The molecule has 0 amide bonds. The Hall–Kier alpha value is -4.42. The maximum Gasteiger partial charge on any atom is 0.0260 e. The monoisotopic (exact) mass is 734 g/mol. The highest BCUT2D eigenvalue weighted by atomic mass is 31.1. The Morgan fingerprint density at radius 3 is 0.907 bits per heavy atom. The molecule has 1 fully saturated rings. The van der Waals surface area contributed by atoms with E-state index in [1.54, 1.807) is 0 Å². The zero-order chi connectivity index (χ0) is 35.6. The first-order valence-electron chi connectivity index (χ1n) is 19.8. The summed E-state index contributed by atoms with van der Waals surface area (Å²) in [5.41, 5.74) is 11.9. The third-order valence-electron chi connectivity index (χ3n) is 12.5. The standard InChI is InChI=1S/C50H44N2P2/c1-5-15-41-33(11-1)21-25-37-29-53(30-38-26-22-34-12-2-6-16-42(34)48(38)47(37)41)51-45-19-9-10-20-46(45)52-54-31-39-27-23-35-13-3-7-17-43(35)49(39)50-40(32-54)28-24-36-14-4-8-18-44(36)50/h1-8,11-18,21-28,45-46,51-52H,9-10,19-20,29-32H2/t45-,46+. The van der Waals surface area contributed by atoms with Crippen LogP contribution in [0.2, 0.25) is 0 Å². The summed E-state index contributed by atoms with van der Waals surface area (Å²) in [4.78, 5) is 0. The molecule has 1 aliphatic carbocycles. The molecule has 0 bridgehead atoms. The second kappa shape index (κ2) is 13.7. The van der Waals surface area contributed by atoms with E-state index < -0.39 is 16.1 Å². The van der Waals surface area contributed by atoms with Gasteiger partial charge in [0, 0.05) is 36.7 Å². The summed E-state index contributed by atoms with van der Waals surface area (Å²) in [6.07, 6.45) is 9.55. The molecule has 0 unspecified atom stereocenters. The van der Waals surface area contributed by atoms with Gasteiger partial charge in [-0.2, -0.15) is 0 Å². The van der Waals surface area contributed by atoms with E-state index in [4.69, 9.17) is 0 Å². The Morgan fingerprint density at radius 1 is 0.333 bits per heavy atom. The lowest BCUT2D eigenvalue weighted by Gasteiger charge is -2.38. The first kappa shape index (κ1) is 33.0. The molecule has 4 heteroatoms. The minimum absolute atomic E-state index is 0.467. The number of fused-ring (bicyclic) bond motifs is 14. The minimum Gasteiger partial charge on any atom is -0.291 e. The van der Waals surface area contributed by atoms with Crippen molar-refractivity contribution in [2.75, 3.05) is 0 Å². The van der Waals surface area contributed by atoms with E-state index in [1.165, 1.54) is 113 Å². The fourth-order valence-electron chi connectivity index (χ4n) is 10.0. The van der Waals surface area contributed by atoms with E-state index in [-0.39, 0.29) is 0 Å². The van der Waals surface area contributed by atoms with Crippen molar-refractivity contribution in [3.63, 3.8) is 0 Å². The van der Waals surface area contributed by atoms with Crippen LogP contribution in [-0.4, -0.2) is 12.1 Å². The molecule has 1 saturated carbocycles. The van der Waals surface area contributed by atoms with Crippen LogP contribution in [0.1, 0.15) is 47.9 Å². The van der Waals surface area contributed by atoms with Gasteiger partial charge in [0.2, 0.25) is 0 Å². The van der Waals surface area contributed by atoms with Crippen LogP contribution in [0.5, 0.6) is 0 Å². The number of nitrogens with one attached hydrogen (secondary N) is 2. The first-order chi connectivity index (χ1) is 26.7. The van der Waals surface area contributed by atoms with E-state index in [2.05, 4.69) is 156 Å². The fraction of sp³-hybridized carbons (Fsp3) is 0.200. The molecule has 2 aliphatic heterocycles. The van der Waals surface area contributed by atoms with Crippen molar-refractivity contribution in [3.8, 4) is 22.3 Å². The molecule has 2 nitrogen and oxygen atoms in total. The third-order valence-corrected chi connectivity index (χ3v) is 16.8. The van der Waals surface area contributed by atoms with Crippen molar-refractivity contribution in [2.24, 2.45) is 0 Å². The largest absolute Gasteiger partial charge is 0.291 e. The van der Waals surface area contributed by atoms with Gasteiger partial charge in [-0.3, -0.25) is 10.2 Å². The minimum atomic E-state index is -0.467. The lowest BCUT2D eigenvalue weighted by Crippen LogP contribution is -2.46. The molecule has 2 atom stereocenters.